The number of ether oxygens (including phenoxy) is 1. The summed E-state index contributed by atoms with van der Waals surface area (Å²) in [5.74, 6) is -21.8. The van der Waals surface area contributed by atoms with Crippen molar-refractivity contribution in [2.45, 2.75) is 29.2 Å². The van der Waals surface area contributed by atoms with Crippen molar-refractivity contribution in [2.75, 3.05) is 6.61 Å². The van der Waals surface area contributed by atoms with Gasteiger partial charge in [0.05, 0.1) is 6.61 Å². The minimum atomic E-state index is -4.57. The molecule has 14 N–H and O–H groups in total. The van der Waals surface area contributed by atoms with Crippen LogP contribution in [0.25, 0.3) is 0 Å². The fourth-order valence-electron chi connectivity index (χ4n) is 4.92. The quantitative estimate of drug-likeness (QED) is 0.0974. The van der Waals surface area contributed by atoms with Crippen LogP contribution in [0.2, 0.25) is 0 Å². The van der Waals surface area contributed by atoms with Gasteiger partial charge < -0.3 is 76.2 Å². The summed E-state index contributed by atoms with van der Waals surface area (Å²) < 4.78 is 5.04. The first-order chi connectivity index (χ1) is 20.8. The van der Waals surface area contributed by atoms with E-state index in [1.54, 1.807) is 0 Å². The SMILES string of the molecule is O=C(c1cc(O)c(O)c(O)c1)[C@@]1(O)[C@@](O)(C(=O)c2cc(O)c(O)c(O)c2)O[C@H](CO)[C@@H](O)[C@@]1(O)C(=O)c1cc(O)c(O)c(O)c1. The first kappa shape index (κ1) is 32.5. The van der Waals surface area contributed by atoms with Crippen LogP contribution in [0.5, 0.6) is 51.7 Å². The van der Waals surface area contributed by atoms with Gasteiger partial charge in [0.1, 0.15) is 12.2 Å². The van der Waals surface area contributed by atoms with E-state index in [1.807, 2.05) is 0 Å². The molecule has 18 nitrogen and oxygen atoms in total. The molecule has 18 heteroatoms. The van der Waals surface area contributed by atoms with Gasteiger partial charge in [-0.1, -0.05) is 0 Å². The van der Waals surface area contributed by atoms with Gasteiger partial charge in [-0.2, -0.15) is 0 Å². The second-order valence-corrected chi connectivity index (χ2v) is 9.98. The predicted octanol–water partition coefficient (Wildman–Crippen LogP) is -2.11. The number of hydrogen-bond donors (Lipinski definition) is 14. The van der Waals surface area contributed by atoms with Crippen molar-refractivity contribution < 1.29 is 90.6 Å². The first-order valence-electron chi connectivity index (χ1n) is 12.3. The average Bonchev–Trinajstić information content (AvgIpc) is 2.99. The highest BCUT2D eigenvalue weighted by Gasteiger charge is 2.80. The number of phenolic OH excluding ortho intramolecular Hbond substituents is 9. The van der Waals surface area contributed by atoms with Crippen LogP contribution >= 0.6 is 0 Å². The monoisotopic (exact) mass is 636 g/mol. The van der Waals surface area contributed by atoms with E-state index in [0.29, 0.717) is 36.4 Å². The van der Waals surface area contributed by atoms with Crippen molar-refractivity contribution >= 4 is 17.3 Å². The topological polar surface area (TPSA) is 344 Å². The number of Topliss-reactive ketones (excluding diaryl/α,β-unsaturated/α-hetero) is 3. The molecule has 45 heavy (non-hydrogen) atoms. The highest BCUT2D eigenvalue weighted by molar-refractivity contribution is 6.18. The standard InChI is InChI=1S/C27H24O18/c28-7-17-24(41)25(42,21(38)8-1-11(29)18(35)12(30)2-8)26(43,22(39)9-3-13(31)19(36)14(32)4-9)27(44,45-17)23(40)10-5-15(33)20(37)16(34)6-10/h1-6,17,24,28-37,41-44H,7H2/t17-,24-,25+,26+,27-/m1/s1. The molecule has 0 aliphatic carbocycles. The van der Waals surface area contributed by atoms with Gasteiger partial charge in [0.15, 0.2) is 57.3 Å². The van der Waals surface area contributed by atoms with Crippen LogP contribution in [0.15, 0.2) is 36.4 Å². The van der Waals surface area contributed by atoms with Crippen LogP contribution in [0, 0.1) is 0 Å². The second-order valence-electron chi connectivity index (χ2n) is 9.98. The largest absolute Gasteiger partial charge is 0.504 e. The van der Waals surface area contributed by atoms with Crippen LogP contribution in [0.1, 0.15) is 31.1 Å². The summed E-state index contributed by atoms with van der Waals surface area (Å²) in [4.78, 5) is 41.8. The molecule has 0 bridgehead atoms. The number of phenols is 9. The predicted molar refractivity (Wildman–Crippen MR) is 140 cm³/mol. The minimum absolute atomic E-state index is 0.312. The number of hydrogen-bond acceptors (Lipinski definition) is 18. The number of aliphatic hydroxyl groups is 5. The van der Waals surface area contributed by atoms with Crippen LogP contribution in [-0.2, 0) is 4.74 Å². The number of ketones is 3. The Bertz CT molecular complexity index is 1680. The van der Waals surface area contributed by atoms with Crippen LogP contribution in [0.3, 0.4) is 0 Å². The minimum Gasteiger partial charge on any atom is -0.504 e. The summed E-state index contributed by atoms with van der Waals surface area (Å²) in [7, 11) is 0. The zero-order valence-corrected chi connectivity index (χ0v) is 22.2. The molecule has 1 saturated heterocycles. The van der Waals surface area contributed by atoms with Gasteiger partial charge in [0.2, 0.25) is 23.0 Å². The van der Waals surface area contributed by atoms with E-state index in [-0.39, 0.29) is 0 Å². The molecule has 240 valence electrons. The maximum Gasteiger partial charge on any atom is 0.272 e. The smallest absolute Gasteiger partial charge is 0.272 e. The maximum absolute atomic E-state index is 14.0. The molecule has 1 heterocycles. The lowest BCUT2D eigenvalue weighted by Gasteiger charge is -2.56. The summed E-state index contributed by atoms with van der Waals surface area (Å²) in [5, 5.41) is 146. The molecule has 1 aliphatic rings. The summed E-state index contributed by atoms with van der Waals surface area (Å²) in [5.41, 5.74) is -12.3. The van der Waals surface area contributed by atoms with E-state index in [0.717, 1.165) is 0 Å². The van der Waals surface area contributed by atoms with Gasteiger partial charge in [-0.15, -0.1) is 0 Å². The number of carbonyl (C=O) groups excluding carboxylic acids is 3. The number of benzene rings is 3. The number of rotatable bonds is 7. The first-order valence-corrected chi connectivity index (χ1v) is 12.3. The molecule has 0 aromatic heterocycles. The molecule has 4 rings (SSSR count). The molecule has 5 atom stereocenters. The van der Waals surface area contributed by atoms with Gasteiger partial charge in [0.25, 0.3) is 5.79 Å². The van der Waals surface area contributed by atoms with Crippen LogP contribution in [-0.4, -0.2) is 125 Å². The van der Waals surface area contributed by atoms with Crippen LogP contribution < -0.4 is 0 Å². The second kappa shape index (κ2) is 10.7. The molecule has 1 fully saturated rings. The van der Waals surface area contributed by atoms with E-state index in [2.05, 4.69) is 0 Å². The Balaban J connectivity index is 2.12. The number of aliphatic hydroxyl groups excluding tert-OH is 2. The third kappa shape index (κ3) is 4.47. The van der Waals surface area contributed by atoms with E-state index < -0.39 is 122 Å². The zero-order chi connectivity index (χ0) is 34.0. The van der Waals surface area contributed by atoms with Crippen molar-refractivity contribution in [2.24, 2.45) is 0 Å². The van der Waals surface area contributed by atoms with Gasteiger partial charge in [-0.05, 0) is 36.4 Å². The van der Waals surface area contributed by atoms with Crippen molar-refractivity contribution in [1.29, 1.82) is 0 Å². The van der Waals surface area contributed by atoms with Gasteiger partial charge >= 0.3 is 0 Å². The number of aromatic hydroxyl groups is 9. The van der Waals surface area contributed by atoms with Gasteiger partial charge in [0, 0.05) is 16.7 Å². The van der Waals surface area contributed by atoms with Crippen LogP contribution in [0.4, 0.5) is 0 Å². The lowest BCUT2D eigenvalue weighted by atomic mass is 9.61. The Morgan fingerprint density at radius 2 is 0.889 bits per heavy atom. The highest BCUT2D eigenvalue weighted by atomic mass is 16.7. The molecule has 0 radical (unpaired) electrons. The fourth-order valence-corrected chi connectivity index (χ4v) is 4.92. The molecule has 3 aromatic carbocycles. The summed E-state index contributed by atoms with van der Waals surface area (Å²) >= 11 is 0. The zero-order valence-electron chi connectivity index (χ0n) is 22.2. The average molecular weight is 636 g/mol. The van der Waals surface area contributed by atoms with Crippen molar-refractivity contribution in [3.8, 4) is 51.7 Å². The van der Waals surface area contributed by atoms with Crippen molar-refractivity contribution in [3.63, 3.8) is 0 Å². The molecule has 0 unspecified atom stereocenters. The molecule has 0 amide bonds. The van der Waals surface area contributed by atoms with E-state index in [1.165, 1.54) is 0 Å². The third-order valence-electron chi connectivity index (χ3n) is 7.30. The Hall–Kier alpha value is -5.37. The lowest BCUT2D eigenvalue weighted by Crippen LogP contribution is -2.85. The van der Waals surface area contributed by atoms with Gasteiger partial charge in [-0.3, -0.25) is 14.4 Å². The van der Waals surface area contributed by atoms with Gasteiger partial charge in [-0.25, -0.2) is 0 Å². The molecular weight excluding hydrogens is 612 g/mol. The van der Waals surface area contributed by atoms with Crippen molar-refractivity contribution in [3.05, 3.63) is 53.1 Å². The molecule has 3 aromatic rings. The van der Waals surface area contributed by atoms with E-state index >= 15 is 0 Å². The summed E-state index contributed by atoms with van der Waals surface area (Å²) in [6, 6.07) is 2.05. The normalized spacial score (nSPS) is 26.3. The number of carbonyl (C=O) groups is 3. The third-order valence-corrected chi connectivity index (χ3v) is 7.30. The summed E-state index contributed by atoms with van der Waals surface area (Å²) in [6.45, 7) is -1.48. The highest BCUT2D eigenvalue weighted by Crippen LogP contribution is 2.51. The maximum atomic E-state index is 14.0. The molecule has 0 saturated carbocycles. The molecule has 0 spiro atoms. The molecule has 1 aliphatic heterocycles. The summed E-state index contributed by atoms with van der Waals surface area (Å²) in [6.07, 6.45) is -5.46. The Morgan fingerprint density at radius 3 is 1.22 bits per heavy atom. The Kier molecular flexibility index (Phi) is 7.71. The Morgan fingerprint density at radius 1 is 0.578 bits per heavy atom. The van der Waals surface area contributed by atoms with E-state index in [4.69, 9.17) is 4.74 Å². The molecular formula is C27H24O18. The van der Waals surface area contributed by atoms with E-state index in [9.17, 15) is 85.9 Å². The van der Waals surface area contributed by atoms with Crippen molar-refractivity contribution in [1.82, 2.24) is 0 Å². The Labute approximate surface area is 249 Å². The fraction of sp³-hybridized carbons (Fsp3) is 0.222. The lowest BCUT2D eigenvalue weighted by molar-refractivity contribution is -0.362.